The van der Waals surface area contributed by atoms with Crippen molar-refractivity contribution in [2.24, 2.45) is 0 Å². The molecule has 0 aromatic heterocycles. The van der Waals surface area contributed by atoms with Gasteiger partial charge in [0, 0.05) is 13.1 Å². The smallest absolute Gasteiger partial charge is 0.333 e. The van der Waals surface area contributed by atoms with E-state index in [9.17, 15) is 9.59 Å². The number of carbonyl (C=O) groups excluding carboxylic acids is 2. The van der Waals surface area contributed by atoms with Gasteiger partial charge in [0.05, 0.1) is 0 Å². The molecular weight excluding hydrogens is 148 g/mol. The van der Waals surface area contributed by atoms with Gasteiger partial charge in [0.15, 0.2) is 0 Å². The minimum Gasteiger partial charge on any atom is -0.391 e. The normalized spacial score (nSPS) is 36.7. The van der Waals surface area contributed by atoms with Crippen molar-refractivity contribution in [2.45, 2.75) is 12.1 Å². The Hall–Kier alpha value is -0.940. The van der Waals surface area contributed by atoms with Crippen LogP contribution in [0, 0.1) is 0 Å². The molecule has 2 N–H and O–H groups in total. The van der Waals surface area contributed by atoms with Crippen molar-refractivity contribution < 1.29 is 14.3 Å². The summed E-state index contributed by atoms with van der Waals surface area (Å²) in [6.07, 6.45) is 0. The van der Waals surface area contributed by atoms with Crippen LogP contribution in [0.2, 0.25) is 0 Å². The zero-order valence-corrected chi connectivity index (χ0v) is 5.79. The van der Waals surface area contributed by atoms with Gasteiger partial charge in [-0.15, -0.1) is 0 Å². The molecule has 5 heteroatoms. The second-order valence-electron chi connectivity index (χ2n) is 2.60. The fourth-order valence-corrected chi connectivity index (χ4v) is 1.36. The third kappa shape index (κ3) is 0.928. The second-order valence-corrected chi connectivity index (χ2v) is 2.60. The molecule has 2 rings (SSSR count). The minimum absolute atomic E-state index is 0.462. The van der Waals surface area contributed by atoms with Gasteiger partial charge in [-0.1, -0.05) is 0 Å². The fraction of sp³-hybridized carbons (Fsp3) is 0.667. The predicted molar refractivity (Wildman–Crippen MR) is 34.7 cm³/mol. The van der Waals surface area contributed by atoms with Crippen LogP contribution in [0.15, 0.2) is 0 Å². The first-order valence-corrected chi connectivity index (χ1v) is 3.51. The van der Waals surface area contributed by atoms with Crippen molar-refractivity contribution in [1.29, 1.82) is 0 Å². The van der Waals surface area contributed by atoms with Gasteiger partial charge in [0.25, 0.3) is 0 Å². The lowest BCUT2D eigenvalue weighted by Gasteiger charge is -2.21. The van der Waals surface area contributed by atoms with Crippen LogP contribution in [-0.2, 0) is 14.3 Å². The van der Waals surface area contributed by atoms with Crippen molar-refractivity contribution >= 4 is 11.9 Å². The molecule has 60 valence electrons. The third-order valence-electron chi connectivity index (χ3n) is 1.90. The largest absolute Gasteiger partial charge is 0.391 e. The Labute approximate surface area is 63.1 Å². The lowest BCUT2D eigenvalue weighted by atomic mass is 10.1. The summed E-state index contributed by atoms with van der Waals surface area (Å²) in [5.41, 5.74) is 0. The Kier molecular flexibility index (Phi) is 1.40. The highest BCUT2D eigenvalue weighted by Gasteiger charge is 2.45. The van der Waals surface area contributed by atoms with Gasteiger partial charge in [-0.2, -0.15) is 0 Å². The maximum Gasteiger partial charge on any atom is 0.333 e. The minimum atomic E-state index is -0.466. The van der Waals surface area contributed by atoms with Crippen LogP contribution in [-0.4, -0.2) is 37.1 Å². The van der Waals surface area contributed by atoms with Crippen LogP contribution in [0.25, 0.3) is 0 Å². The van der Waals surface area contributed by atoms with Crippen molar-refractivity contribution in [3.05, 3.63) is 0 Å². The molecule has 0 aromatic rings. The summed E-state index contributed by atoms with van der Waals surface area (Å²) < 4.78 is 4.41. The van der Waals surface area contributed by atoms with E-state index in [1.54, 1.807) is 0 Å². The number of nitrogens with one attached hydrogen (secondary N) is 2. The zero-order chi connectivity index (χ0) is 7.84. The molecule has 11 heavy (non-hydrogen) atoms. The number of cyclic esters (lactones) is 2. The summed E-state index contributed by atoms with van der Waals surface area (Å²) in [6.45, 7) is 1.40. The third-order valence-corrected chi connectivity index (χ3v) is 1.90. The summed E-state index contributed by atoms with van der Waals surface area (Å²) >= 11 is 0. The van der Waals surface area contributed by atoms with E-state index in [4.69, 9.17) is 0 Å². The number of rotatable bonds is 0. The molecule has 2 aliphatic rings. The highest BCUT2D eigenvalue weighted by atomic mass is 16.6. The van der Waals surface area contributed by atoms with Gasteiger partial charge < -0.3 is 15.4 Å². The molecule has 2 saturated heterocycles. The first-order valence-electron chi connectivity index (χ1n) is 3.51. The Morgan fingerprint density at radius 3 is 2.00 bits per heavy atom. The summed E-state index contributed by atoms with van der Waals surface area (Å²) in [5.74, 6) is -0.931. The maximum absolute atomic E-state index is 10.9. The van der Waals surface area contributed by atoms with Gasteiger partial charge in [-0.3, -0.25) is 0 Å². The van der Waals surface area contributed by atoms with Crippen molar-refractivity contribution in [3.8, 4) is 0 Å². The van der Waals surface area contributed by atoms with Crippen LogP contribution in [0.3, 0.4) is 0 Å². The quantitative estimate of drug-likeness (QED) is 0.313. The lowest BCUT2D eigenvalue weighted by Crippen LogP contribution is -2.57. The van der Waals surface area contributed by atoms with Gasteiger partial charge in [0.1, 0.15) is 12.1 Å². The highest BCUT2D eigenvalue weighted by molar-refractivity contribution is 6.01. The average molecular weight is 156 g/mol. The number of ether oxygens (including phenoxy) is 1. The SMILES string of the molecule is O=C1OC(=O)[C@H]2NCCN[C@H]12. The first kappa shape index (κ1) is 6.75. The van der Waals surface area contributed by atoms with Crippen molar-refractivity contribution in [2.75, 3.05) is 13.1 Å². The van der Waals surface area contributed by atoms with Gasteiger partial charge in [0.2, 0.25) is 0 Å². The molecule has 2 aliphatic heterocycles. The van der Waals surface area contributed by atoms with Crippen LogP contribution in [0.1, 0.15) is 0 Å². The summed E-state index contributed by atoms with van der Waals surface area (Å²) in [7, 11) is 0. The summed E-state index contributed by atoms with van der Waals surface area (Å²) in [6, 6.07) is -0.924. The monoisotopic (exact) mass is 156 g/mol. The Balaban J connectivity index is 2.19. The van der Waals surface area contributed by atoms with E-state index < -0.39 is 24.0 Å². The zero-order valence-electron chi connectivity index (χ0n) is 5.79. The molecule has 0 unspecified atom stereocenters. The molecule has 0 radical (unpaired) electrons. The van der Waals surface area contributed by atoms with Crippen molar-refractivity contribution in [1.82, 2.24) is 10.6 Å². The van der Waals surface area contributed by atoms with E-state index in [2.05, 4.69) is 15.4 Å². The topological polar surface area (TPSA) is 67.4 Å². The average Bonchev–Trinajstić information content (AvgIpc) is 2.30. The standard InChI is InChI=1S/C6H8N2O3/c9-5-3-4(6(10)11-5)8-2-1-7-3/h3-4,7-8H,1-2H2/t3-,4-/m0/s1. The van der Waals surface area contributed by atoms with E-state index >= 15 is 0 Å². The first-order chi connectivity index (χ1) is 5.29. The highest BCUT2D eigenvalue weighted by Crippen LogP contribution is 2.10. The number of fused-ring (bicyclic) bond motifs is 1. The van der Waals surface area contributed by atoms with Gasteiger partial charge in [-0.25, -0.2) is 9.59 Å². The summed E-state index contributed by atoms with van der Waals surface area (Å²) in [5, 5.41) is 5.81. The van der Waals surface area contributed by atoms with E-state index in [0.717, 1.165) is 0 Å². The van der Waals surface area contributed by atoms with Crippen LogP contribution in [0.5, 0.6) is 0 Å². The molecule has 0 bridgehead atoms. The summed E-state index contributed by atoms with van der Waals surface area (Å²) in [4.78, 5) is 21.7. The Morgan fingerprint density at radius 2 is 1.55 bits per heavy atom. The molecule has 0 aliphatic carbocycles. The molecule has 2 atom stereocenters. The Bertz CT molecular complexity index is 194. The van der Waals surface area contributed by atoms with Gasteiger partial charge in [-0.05, 0) is 0 Å². The molecular formula is C6H8N2O3. The van der Waals surface area contributed by atoms with Crippen LogP contribution in [0.4, 0.5) is 0 Å². The lowest BCUT2D eigenvalue weighted by molar-refractivity contribution is -0.152. The molecule has 2 fully saturated rings. The van der Waals surface area contributed by atoms with E-state index in [0.29, 0.717) is 13.1 Å². The van der Waals surface area contributed by atoms with Crippen LogP contribution < -0.4 is 10.6 Å². The molecule has 5 nitrogen and oxygen atoms in total. The number of esters is 2. The molecule has 0 saturated carbocycles. The molecule has 0 aromatic carbocycles. The van der Waals surface area contributed by atoms with E-state index in [-0.39, 0.29) is 0 Å². The second kappa shape index (κ2) is 2.28. The van der Waals surface area contributed by atoms with Crippen molar-refractivity contribution in [3.63, 3.8) is 0 Å². The van der Waals surface area contributed by atoms with Crippen LogP contribution >= 0.6 is 0 Å². The number of hydrogen-bond acceptors (Lipinski definition) is 5. The molecule has 0 amide bonds. The Morgan fingerprint density at radius 1 is 1.09 bits per heavy atom. The number of piperazine rings is 1. The fourth-order valence-electron chi connectivity index (χ4n) is 1.36. The number of carbonyl (C=O) groups is 2. The molecule has 0 spiro atoms. The van der Waals surface area contributed by atoms with E-state index in [1.807, 2.05) is 0 Å². The van der Waals surface area contributed by atoms with Gasteiger partial charge >= 0.3 is 11.9 Å². The number of hydrogen-bond donors (Lipinski definition) is 2. The van der Waals surface area contributed by atoms with E-state index in [1.165, 1.54) is 0 Å². The maximum atomic E-state index is 10.9. The predicted octanol–water partition coefficient (Wildman–Crippen LogP) is -2.00. The molecule has 2 heterocycles.